The molecule has 2 aromatic heterocycles. The van der Waals surface area contributed by atoms with Gasteiger partial charge < -0.3 is 19.5 Å². The van der Waals surface area contributed by atoms with Crippen molar-refractivity contribution in [3.05, 3.63) is 82.4 Å². The van der Waals surface area contributed by atoms with Gasteiger partial charge in [0.1, 0.15) is 0 Å². The standard InChI is InChI=1S/C24H25ClN4O2S/c1-15-13-19(16(2)29(15)18-8-6-7-17(25)14-18)23-22(20-9-4-5-11-26-20)27-24(32)28(23)12-10-21(30)31-3/h4-9,11,13-14,22-23H,10,12H2,1-3H3,(H,27,32). The topological polar surface area (TPSA) is 59.4 Å². The van der Waals surface area contributed by atoms with Gasteiger partial charge in [0.05, 0.1) is 31.3 Å². The van der Waals surface area contributed by atoms with E-state index in [1.165, 1.54) is 7.11 Å². The fraction of sp³-hybridized carbons (Fsp3) is 0.292. The average Bonchev–Trinajstić information content (AvgIpc) is 3.27. The van der Waals surface area contributed by atoms with Gasteiger partial charge in [-0.25, -0.2) is 0 Å². The number of methoxy groups -OCH3 is 1. The first-order chi connectivity index (χ1) is 15.4. The van der Waals surface area contributed by atoms with Gasteiger partial charge in [-0.15, -0.1) is 0 Å². The van der Waals surface area contributed by atoms with Crippen LogP contribution in [0.2, 0.25) is 5.02 Å². The molecule has 3 heterocycles. The number of carbonyl (C=O) groups is 1. The molecule has 3 aromatic rings. The van der Waals surface area contributed by atoms with E-state index in [9.17, 15) is 4.79 Å². The van der Waals surface area contributed by atoms with E-state index in [1.807, 2.05) is 42.5 Å². The van der Waals surface area contributed by atoms with E-state index >= 15 is 0 Å². The number of pyridine rings is 1. The van der Waals surface area contributed by atoms with Gasteiger partial charge in [-0.3, -0.25) is 9.78 Å². The molecule has 1 aliphatic rings. The summed E-state index contributed by atoms with van der Waals surface area (Å²) < 4.78 is 7.05. The third-order valence-electron chi connectivity index (χ3n) is 5.84. The van der Waals surface area contributed by atoms with E-state index in [0.717, 1.165) is 28.3 Å². The van der Waals surface area contributed by atoms with E-state index < -0.39 is 0 Å². The quantitative estimate of drug-likeness (QED) is 0.418. The zero-order valence-corrected chi connectivity index (χ0v) is 19.8. The lowest BCUT2D eigenvalue weighted by Gasteiger charge is -2.28. The van der Waals surface area contributed by atoms with Crippen LogP contribution in [0.25, 0.3) is 5.69 Å². The van der Waals surface area contributed by atoms with Crippen molar-refractivity contribution in [2.75, 3.05) is 13.7 Å². The number of hydrogen-bond donors (Lipinski definition) is 1. The Morgan fingerprint density at radius 2 is 2.03 bits per heavy atom. The predicted molar refractivity (Wildman–Crippen MR) is 129 cm³/mol. The summed E-state index contributed by atoms with van der Waals surface area (Å²) in [6, 6.07) is 15.6. The minimum absolute atomic E-state index is 0.124. The van der Waals surface area contributed by atoms with Gasteiger partial charge in [-0.2, -0.15) is 0 Å². The third kappa shape index (κ3) is 4.23. The highest BCUT2D eigenvalue weighted by Crippen LogP contribution is 2.41. The number of halogens is 1. The van der Waals surface area contributed by atoms with E-state index in [0.29, 0.717) is 16.7 Å². The van der Waals surface area contributed by atoms with Crippen LogP contribution in [0, 0.1) is 13.8 Å². The van der Waals surface area contributed by atoms with Gasteiger partial charge in [-0.05, 0) is 68.0 Å². The predicted octanol–water partition coefficient (Wildman–Crippen LogP) is 4.68. The van der Waals surface area contributed by atoms with E-state index in [4.69, 9.17) is 28.6 Å². The number of aromatic nitrogens is 2. The van der Waals surface area contributed by atoms with Crippen LogP contribution in [-0.4, -0.2) is 39.2 Å². The number of nitrogens with zero attached hydrogens (tertiary/aromatic N) is 3. The lowest BCUT2D eigenvalue weighted by atomic mass is 9.96. The number of hydrogen-bond acceptors (Lipinski definition) is 4. The fourth-order valence-electron chi connectivity index (χ4n) is 4.40. The van der Waals surface area contributed by atoms with Crippen LogP contribution in [0.4, 0.5) is 0 Å². The van der Waals surface area contributed by atoms with Crippen molar-refractivity contribution in [2.45, 2.75) is 32.4 Å². The van der Waals surface area contributed by atoms with Gasteiger partial charge in [0.15, 0.2) is 5.11 Å². The molecule has 0 saturated carbocycles. The van der Waals surface area contributed by atoms with Gasteiger partial charge in [0.25, 0.3) is 0 Å². The Morgan fingerprint density at radius 1 is 1.22 bits per heavy atom. The Kier molecular flexibility index (Phi) is 6.48. The highest BCUT2D eigenvalue weighted by Gasteiger charge is 2.41. The van der Waals surface area contributed by atoms with Crippen molar-refractivity contribution in [1.82, 2.24) is 19.8 Å². The minimum Gasteiger partial charge on any atom is -0.469 e. The summed E-state index contributed by atoms with van der Waals surface area (Å²) in [7, 11) is 1.40. The van der Waals surface area contributed by atoms with Crippen LogP contribution in [0.5, 0.6) is 0 Å². The average molecular weight is 469 g/mol. The molecule has 0 radical (unpaired) electrons. The number of thiocarbonyl (C=S) groups is 1. The number of esters is 1. The molecule has 6 nitrogen and oxygen atoms in total. The number of rotatable bonds is 6. The van der Waals surface area contributed by atoms with Crippen molar-refractivity contribution in [3.8, 4) is 5.69 Å². The van der Waals surface area contributed by atoms with Gasteiger partial charge >= 0.3 is 5.97 Å². The molecule has 1 N–H and O–H groups in total. The van der Waals surface area contributed by atoms with Crippen LogP contribution in [-0.2, 0) is 9.53 Å². The summed E-state index contributed by atoms with van der Waals surface area (Å²) in [4.78, 5) is 18.5. The van der Waals surface area contributed by atoms with Crippen molar-refractivity contribution in [2.24, 2.45) is 0 Å². The van der Waals surface area contributed by atoms with Crippen molar-refractivity contribution >= 4 is 34.9 Å². The van der Waals surface area contributed by atoms with Crippen LogP contribution in [0.1, 0.15) is 41.1 Å². The molecule has 0 aliphatic carbocycles. The molecular weight excluding hydrogens is 444 g/mol. The lowest BCUT2D eigenvalue weighted by molar-refractivity contribution is -0.140. The van der Waals surface area contributed by atoms with Gasteiger partial charge in [0, 0.05) is 34.8 Å². The molecule has 1 fully saturated rings. The highest BCUT2D eigenvalue weighted by molar-refractivity contribution is 7.80. The number of benzene rings is 1. The number of carbonyl (C=O) groups excluding carboxylic acids is 1. The number of aryl methyl sites for hydroxylation is 1. The molecule has 0 bridgehead atoms. The largest absolute Gasteiger partial charge is 0.469 e. The lowest BCUT2D eigenvalue weighted by Crippen LogP contribution is -2.32. The second-order valence-corrected chi connectivity index (χ2v) is 8.61. The first-order valence-electron chi connectivity index (χ1n) is 10.4. The van der Waals surface area contributed by atoms with Crippen molar-refractivity contribution in [1.29, 1.82) is 0 Å². The molecule has 1 saturated heterocycles. The molecule has 2 atom stereocenters. The first kappa shape index (κ1) is 22.3. The molecule has 32 heavy (non-hydrogen) atoms. The zero-order chi connectivity index (χ0) is 22.8. The Morgan fingerprint density at radius 3 is 2.72 bits per heavy atom. The van der Waals surface area contributed by atoms with Crippen LogP contribution >= 0.6 is 23.8 Å². The Balaban J connectivity index is 1.80. The molecule has 0 amide bonds. The maximum Gasteiger partial charge on any atom is 0.307 e. The summed E-state index contributed by atoms with van der Waals surface area (Å²) in [5.74, 6) is -0.266. The molecular formula is C24H25ClN4O2S. The van der Waals surface area contributed by atoms with Crippen molar-refractivity contribution in [3.63, 3.8) is 0 Å². The summed E-state index contributed by atoms with van der Waals surface area (Å²) in [5, 5.41) is 4.71. The number of ether oxygens (including phenoxy) is 1. The van der Waals surface area contributed by atoms with Crippen molar-refractivity contribution < 1.29 is 9.53 Å². The Hall–Kier alpha value is -2.90. The summed E-state index contributed by atoms with van der Waals surface area (Å²) in [6.45, 7) is 4.62. The first-order valence-corrected chi connectivity index (χ1v) is 11.2. The third-order valence-corrected chi connectivity index (χ3v) is 6.43. The monoisotopic (exact) mass is 468 g/mol. The Labute approximate surface area is 198 Å². The van der Waals surface area contributed by atoms with Crippen LogP contribution in [0.15, 0.2) is 54.7 Å². The summed E-state index contributed by atoms with van der Waals surface area (Å²) in [5.41, 5.74) is 5.20. The molecule has 4 rings (SSSR count). The molecule has 0 spiro atoms. The smallest absolute Gasteiger partial charge is 0.307 e. The van der Waals surface area contributed by atoms with Gasteiger partial charge in [0.2, 0.25) is 0 Å². The molecule has 2 unspecified atom stereocenters. The normalized spacial score (nSPS) is 18.0. The van der Waals surface area contributed by atoms with E-state index in [2.05, 4.69) is 39.7 Å². The Bertz CT molecular complexity index is 1150. The van der Waals surface area contributed by atoms with E-state index in [1.54, 1.807) is 6.20 Å². The molecule has 1 aromatic carbocycles. The second-order valence-electron chi connectivity index (χ2n) is 7.79. The summed E-state index contributed by atoms with van der Waals surface area (Å²) >= 11 is 11.9. The highest BCUT2D eigenvalue weighted by atomic mass is 35.5. The second kappa shape index (κ2) is 9.30. The zero-order valence-electron chi connectivity index (χ0n) is 18.2. The van der Waals surface area contributed by atoms with Crippen LogP contribution < -0.4 is 5.32 Å². The maximum atomic E-state index is 11.9. The molecule has 1 aliphatic heterocycles. The van der Waals surface area contributed by atoms with Crippen LogP contribution in [0.3, 0.4) is 0 Å². The summed E-state index contributed by atoms with van der Waals surface area (Å²) in [6.07, 6.45) is 2.03. The SMILES string of the molecule is COC(=O)CCN1C(=S)NC(c2ccccn2)C1c1cc(C)n(-c2cccc(Cl)c2)c1C. The van der Waals surface area contributed by atoms with E-state index in [-0.39, 0.29) is 24.5 Å². The fourth-order valence-corrected chi connectivity index (χ4v) is 4.91. The van der Waals surface area contributed by atoms with Gasteiger partial charge in [-0.1, -0.05) is 23.7 Å². The molecule has 166 valence electrons. The molecule has 8 heteroatoms. The maximum absolute atomic E-state index is 11.9. The number of nitrogens with one attached hydrogen (secondary N) is 1. The minimum atomic E-state index is -0.266.